The minimum atomic E-state index is -0.229. The fourth-order valence-corrected chi connectivity index (χ4v) is 4.20. The fraction of sp³-hybridized carbons (Fsp3) is 0.300. The third kappa shape index (κ3) is 3.07. The van der Waals surface area contributed by atoms with Gasteiger partial charge in [0.2, 0.25) is 0 Å². The van der Waals surface area contributed by atoms with Gasteiger partial charge in [0.25, 0.3) is 0 Å². The number of anilines is 2. The van der Waals surface area contributed by atoms with Crippen LogP contribution < -0.4 is 11.1 Å². The fourth-order valence-electron chi connectivity index (χ4n) is 3.90. The van der Waals surface area contributed by atoms with E-state index in [2.05, 4.69) is 9.88 Å². The molecule has 3 N–H and O–H groups in total. The largest absolute Gasteiger partial charge is 0.355 e. The first-order valence-corrected chi connectivity index (χ1v) is 9.59. The Hall–Kier alpha value is -1.75. The number of nitrogens with two attached hydrogens (primary N) is 1. The summed E-state index contributed by atoms with van der Waals surface area (Å²) in [6, 6.07) is 8.84. The first kappa shape index (κ1) is 17.7. The predicted molar refractivity (Wildman–Crippen MR) is 107 cm³/mol. The molecule has 0 aliphatic heterocycles. The normalized spacial score (nSPS) is 13.8. The Kier molecular flexibility index (Phi) is 4.82. The quantitative estimate of drug-likeness (QED) is 0.601. The van der Waals surface area contributed by atoms with E-state index in [0.717, 1.165) is 36.8 Å². The van der Waals surface area contributed by atoms with Crippen LogP contribution in [0.15, 0.2) is 30.3 Å². The molecule has 6 heteroatoms. The van der Waals surface area contributed by atoms with Gasteiger partial charge in [-0.3, -0.25) is 0 Å². The smallest absolute Gasteiger partial charge is 0.149 e. The molecule has 1 heterocycles. The molecule has 0 spiro atoms. The van der Waals surface area contributed by atoms with E-state index in [1.807, 2.05) is 12.1 Å². The molecule has 26 heavy (non-hydrogen) atoms. The molecule has 0 amide bonds. The summed E-state index contributed by atoms with van der Waals surface area (Å²) in [6.45, 7) is 1.14. The van der Waals surface area contributed by atoms with Crippen LogP contribution in [0, 0.1) is 5.82 Å². The topological polar surface area (TPSA) is 43.0 Å². The zero-order chi connectivity index (χ0) is 18.3. The van der Waals surface area contributed by atoms with Gasteiger partial charge in [-0.25, -0.2) is 4.39 Å². The van der Waals surface area contributed by atoms with Crippen molar-refractivity contribution in [2.75, 3.05) is 11.9 Å². The predicted octanol–water partition coefficient (Wildman–Crippen LogP) is 5.67. The number of nitrogens with zero attached hydrogens (tertiary/aromatic N) is 1. The van der Waals surface area contributed by atoms with E-state index in [9.17, 15) is 0 Å². The SMILES string of the molecule is NCCn1c2c(c3cc(Nc4ccc(Cl)c(Cl)c4)cc(F)c31)CCCC2. The number of hydrogen-bond acceptors (Lipinski definition) is 2. The molecular formula is C20H20Cl2FN3. The Morgan fingerprint density at radius 2 is 1.85 bits per heavy atom. The first-order chi connectivity index (χ1) is 12.6. The molecule has 0 atom stereocenters. The molecule has 1 aliphatic rings. The number of fused-ring (bicyclic) bond motifs is 3. The molecule has 3 nitrogen and oxygen atoms in total. The van der Waals surface area contributed by atoms with E-state index in [-0.39, 0.29) is 5.82 Å². The second kappa shape index (κ2) is 7.10. The average Bonchev–Trinajstić information content (AvgIpc) is 2.93. The molecule has 4 rings (SSSR count). The van der Waals surface area contributed by atoms with Gasteiger partial charge in [0.1, 0.15) is 5.82 Å². The lowest BCUT2D eigenvalue weighted by molar-refractivity contribution is 0.597. The van der Waals surface area contributed by atoms with Crippen molar-refractivity contribution in [1.82, 2.24) is 4.57 Å². The van der Waals surface area contributed by atoms with Crippen molar-refractivity contribution in [2.24, 2.45) is 5.73 Å². The lowest BCUT2D eigenvalue weighted by atomic mass is 9.95. The van der Waals surface area contributed by atoms with Crippen LogP contribution >= 0.6 is 23.2 Å². The van der Waals surface area contributed by atoms with Crippen molar-refractivity contribution in [2.45, 2.75) is 32.2 Å². The first-order valence-electron chi connectivity index (χ1n) is 8.84. The van der Waals surface area contributed by atoms with Crippen LogP contribution in [-0.2, 0) is 19.4 Å². The van der Waals surface area contributed by atoms with E-state index in [1.54, 1.807) is 12.1 Å². The van der Waals surface area contributed by atoms with E-state index in [4.69, 9.17) is 28.9 Å². The molecule has 0 radical (unpaired) electrons. The number of nitrogens with one attached hydrogen (secondary N) is 1. The summed E-state index contributed by atoms with van der Waals surface area (Å²) in [4.78, 5) is 0. The van der Waals surface area contributed by atoms with Crippen molar-refractivity contribution in [3.05, 3.63) is 57.5 Å². The maximum Gasteiger partial charge on any atom is 0.149 e. The summed E-state index contributed by atoms with van der Waals surface area (Å²) in [5.41, 5.74) is 10.4. The van der Waals surface area contributed by atoms with Gasteiger partial charge in [0.05, 0.1) is 15.6 Å². The molecule has 0 saturated heterocycles. The molecule has 0 bridgehead atoms. The Morgan fingerprint density at radius 3 is 2.62 bits per heavy atom. The molecule has 0 unspecified atom stereocenters. The van der Waals surface area contributed by atoms with Crippen LogP contribution in [0.1, 0.15) is 24.1 Å². The van der Waals surface area contributed by atoms with E-state index < -0.39 is 0 Å². The van der Waals surface area contributed by atoms with Gasteiger partial charge in [0.15, 0.2) is 0 Å². The molecule has 1 aliphatic carbocycles. The lowest BCUT2D eigenvalue weighted by Gasteiger charge is -2.15. The molecule has 0 fully saturated rings. The number of hydrogen-bond donors (Lipinski definition) is 2. The summed E-state index contributed by atoms with van der Waals surface area (Å²) >= 11 is 12.0. The van der Waals surface area contributed by atoms with Crippen LogP contribution in [0.5, 0.6) is 0 Å². The summed E-state index contributed by atoms with van der Waals surface area (Å²) in [7, 11) is 0. The summed E-state index contributed by atoms with van der Waals surface area (Å²) in [5, 5.41) is 5.17. The zero-order valence-corrected chi connectivity index (χ0v) is 15.8. The maximum atomic E-state index is 15.0. The highest BCUT2D eigenvalue weighted by Crippen LogP contribution is 2.36. The molecular weight excluding hydrogens is 372 g/mol. The van der Waals surface area contributed by atoms with Crippen molar-refractivity contribution >= 4 is 45.5 Å². The van der Waals surface area contributed by atoms with E-state index >= 15 is 4.39 Å². The van der Waals surface area contributed by atoms with E-state index in [1.165, 1.54) is 17.3 Å². The Bertz CT molecular complexity index is 981. The molecule has 1 aromatic heterocycles. The van der Waals surface area contributed by atoms with Gasteiger partial charge >= 0.3 is 0 Å². The van der Waals surface area contributed by atoms with Crippen molar-refractivity contribution in [3.63, 3.8) is 0 Å². The third-order valence-corrected chi connectivity index (χ3v) is 5.72. The highest BCUT2D eigenvalue weighted by Gasteiger charge is 2.22. The lowest BCUT2D eigenvalue weighted by Crippen LogP contribution is -2.14. The average molecular weight is 392 g/mol. The summed E-state index contributed by atoms with van der Waals surface area (Å²) in [5.74, 6) is -0.229. The van der Waals surface area contributed by atoms with Gasteiger partial charge < -0.3 is 15.6 Å². The maximum absolute atomic E-state index is 15.0. The van der Waals surface area contributed by atoms with Crippen LogP contribution in [-0.4, -0.2) is 11.1 Å². The van der Waals surface area contributed by atoms with Gasteiger partial charge in [-0.2, -0.15) is 0 Å². The van der Waals surface area contributed by atoms with Gasteiger partial charge in [0, 0.05) is 35.5 Å². The summed E-state index contributed by atoms with van der Waals surface area (Å²) in [6.07, 6.45) is 4.25. The van der Waals surface area contributed by atoms with Crippen molar-refractivity contribution in [1.29, 1.82) is 0 Å². The standard InChI is InChI=1S/C20H20Cl2FN3/c21-16-6-5-12(10-17(16)22)25-13-9-15-14-3-1-2-4-19(14)26(8-7-24)20(15)18(23)11-13/h5-6,9-11,25H,1-4,7-8,24H2. The van der Waals surface area contributed by atoms with Crippen molar-refractivity contribution < 1.29 is 4.39 Å². The van der Waals surface area contributed by atoms with Gasteiger partial charge in [-0.1, -0.05) is 23.2 Å². The number of rotatable bonds is 4. The van der Waals surface area contributed by atoms with Crippen LogP contribution in [0.25, 0.3) is 10.9 Å². The number of benzene rings is 2. The van der Waals surface area contributed by atoms with Crippen LogP contribution in [0.2, 0.25) is 10.0 Å². The van der Waals surface area contributed by atoms with Crippen LogP contribution in [0.3, 0.4) is 0 Å². The molecule has 0 saturated carbocycles. The number of halogens is 3. The minimum absolute atomic E-state index is 0.229. The monoisotopic (exact) mass is 391 g/mol. The second-order valence-corrected chi connectivity index (χ2v) is 7.50. The molecule has 2 aromatic carbocycles. The summed E-state index contributed by atoms with van der Waals surface area (Å²) < 4.78 is 17.1. The molecule has 136 valence electrons. The minimum Gasteiger partial charge on any atom is -0.355 e. The van der Waals surface area contributed by atoms with E-state index in [0.29, 0.717) is 34.3 Å². The number of aryl methyl sites for hydroxylation is 1. The Morgan fingerprint density at radius 1 is 1.04 bits per heavy atom. The highest BCUT2D eigenvalue weighted by molar-refractivity contribution is 6.42. The van der Waals surface area contributed by atoms with Gasteiger partial charge in [-0.05, 0) is 61.6 Å². The van der Waals surface area contributed by atoms with Crippen LogP contribution in [0.4, 0.5) is 15.8 Å². The highest BCUT2D eigenvalue weighted by atomic mass is 35.5. The van der Waals surface area contributed by atoms with Crippen molar-refractivity contribution in [3.8, 4) is 0 Å². The zero-order valence-electron chi connectivity index (χ0n) is 14.3. The Balaban J connectivity index is 1.81. The second-order valence-electron chi connectivity index (χ2n) is 6.68. The number of aromatic nitrogens is 1. The molecule has 3 aromatic rings. The third-order valence-electron chi connectivity index (χ3n) is 4.98. The Labute approximate surface area is 161 Å². The van der Waals surface area contributed by atoms with Gasteiger partial charge in [-0.15, -0.1) is 0 Å².